The Kier molecular flexibility index (Phi) is 6.54. The zero-order valence-electron chi connectivity index (χ0n) is 12.2. The molecule has 1 aromatic carbocycles. The van der Waals surface area contributed by atoms with Crippen LogP contribution in [0.25, 0.3) is 0 Å². The average Bonchev–Trinajstić information content (AvgIpc) is 2.39. The topological polar surface area (TPSA) is 36.9 Å². The summed E-state index contributed by atoms with van der Waals surface area (Å²) < 4.78 is 49.2. The number of hydrogen-bond acceptors (Lipinski definition) is 4. The van der Waals surface area contributed by atoms with E-state index in [1.165, 1.54) is 7.11 Å². The summed E-state index contributed by atoms with van der Waals surface area (Å²) in [6, 6.07) is 2.30. The third-order valence-electron chi connectivity index (χ3n) is 2.56. The van der Waals surface area contributed by atoms with E-state index in [2.05, 4.69) is 4.74 Å². The van der Waals surface area contributed by atoms with Gasteiger partial charge in [0.15, 0.2) is 17.4 Å². The second-order valence-corrected chi connectivity index (χ2v) is 6.38. The molecule has 0 aliphatic carbocycles. The Balaban J connectivity index is 3.32. The summed E-state index contributed by atoms with van der Waals surface area (Å²) in [6.45, 7) is 6.28. The van der Waals surface area contributed by atoms with Crippen molar-refractivity contribution < 1.29 is 26.8 Å². The standard InChI is InChI=1S/C13H20F2O4Si/c1-5-17-20(18-6-2,19-7-3)10-8-11(14)13(16-4)12(15)9-10/h8-9H,5-7H2,1-4H3. The van der Waals surface area contributed by atoms with Crippen LogP contribution in [0.1, 0.15) is 20.8 Å². The Morgan fingerprint density at radius 1 is 0.900 bits per heavy atom. The van der Waals surface area contributed by atoms with Gasteiger partial charge in [0.25, 0.3) is 0 Å². The van der Waals surface area contributed by atoms with E-state index in [4.69, 9.17) is 13.3 Å². The normalized spacial score (nSPS) is 11.7. The first-order valence-electron chi connectivity index (χ1n) is 6.49. The Morgan fingerprint density at radius 3 is 1.60 bits per heavy atom. The summed E-state index contributed by atoms with van der Waals surface area (Å²) in [5.74, 6) is -2.04. The van der Waals surface area contributed by atoms with Crippen molar-refractivity contribution in [1.82, 2.24) is 0 Å². The lowest BCUT2D eigenvalue weighted by Gasteiger charge is -2.28. The maximum absolute atomic E-state index is 13.9. The highest BCUT2D eigenvalue weighted by atomic mass is 28.4. The van der Waals surface area contributed by atoms with Crippen LogP contribution in [0, 0.1) is 11.6 Å². The van der Waals surface area contributed by atoms with Crippen LogP contribution in [-0.2, 0) is 13.3 Å². The van der Waals surface area contributed by atoms with Crippen LogP contribution in [0.4, 0.5) is 8.78 Å². The third kappa shape index (κ3) is 3.54. The van der Waals surface area contributed by atoms with E-state index in [0.717, 1.165) is 12.1 Å². The Bertz CT molecular complexity index is 402. The van der Waals surface area contributed by atoms with Crippen LogP contribution in [0.5, 0.6) is 5.75 Å². The predicted molar refractivity (Wildman–Crippen MR) is 73.2 cm³/mol. The molecule has 0 heterocycles. The van der Waals surface area contributed by atoms with Crippen LogP contribution in [0.3, 0.4) is 0 Å². The van der Waals surface area contributed by atoms with Crippen molar-refractivity contribution >= 4 is 14.0 Å². The largest absolute Gasteiger partial charge is 0.537 e. The first-order valence-corrected chi connectivity index (χ1v) is 8.22. The lowest BCUT2D eigenvalue weighted by molar-refractivity contribution is 0.0857. The van der Waals surface area contributed by atoms with Gasteiger partial charge in [-0.2, -0.15) is 0 Å². The second-order valence-electron chi connectivity index (χ2n) is 3.83. The quantitative estimate of drug-likeness (QED) is 0.690. The molecule has 114 valence electrons. The monoisotopic (exact) mass is 306 g/mol. The molecule has 0 spiro atoms. The molecule has 1 rings (SSSR count). The minimum atomic E-state index is -3.31. The summed E-state index contributed by atoms with van der Waals surface area (Å²) >= 11 is 0. The van der Waals surface area contributed by atoms with Gasteiger partial charge in [-0.15, -0.1) is 0 Å². The molecule has 0 saturated heterocycles. The summed E-state index contributed by atoms with van der Waals surface area (Å²) in [6.07, 6.45) is 0. The lowest BCUT2D eigenvalue weighted by atomic mass is 10.3. The fraction of sp³-hybridized carbons (Fsp3) is 0.538. The number of halogens is 2. The van der Waals surface area contributed by atoms with Gasteiger partial charge in [0.05, 0.1) is 7.11 Å². The van der Waals surface area contributed by atoms with Crippen LogP contribution in [-0.4, -0.2) is 35.7 Å². The van der Waals surface area contributed by atoms with E-state index in [0.29, 0.717) is 19.8 Å². The van der Waals surface area contributed by atoms with Crippen molar-refractivity contribution in [2.45, 2.75) is 20.8 Å². The minimum absolute atomic E-state index is 0.249. The molecule has 20 heavy (non-hydrogen) atoms. The van der Waals surface area contributed by atoms with Crippen LogP contribution in [0.15, 0.2) is 12.1 Å². The molecule has 1 aromatic rings. The number of benzene rings is 1. The number of hydrogen-bond donors (Lipinski definition) is 0. The summed E-state index contributed by atoms with van der Waals surface area (Å²) in [4.78, 5) is 0. The fourth-order valence-corrected chi connectivity index (χ4v) is 4.37. The Labute approximate surface area is 119 Å². The molecule has 0 aromatic heterocycles. The van der Waals surface area contributed by atoms with Crippen LogP contribution < -0.4 is 9.92 Å². The van der Waals surface area contributed by atoms with Crippen molar-refractivity contribution in [3.05, 3.63) is 23.8 Å². The fourth-order valence-electron chi connectivity index (χ4n) is 1.88. The highest BCUT2D eigenvalue weighted by Gasteiger charge is 2.44. The van der Waals surface area contributed by atoms with E-state index < -0.39 is 26.2 Å². The Hall–Kier alpha value is -1.02. The minimum Gasteiger partial charge on any atom is -0.491 e. The SMILES string of the molecule is CCO[Si](OCC)(OCC)c1cc(F)c(OC)c(F)c1. The molecule has 0 atom stereocenters. The summed E-state index contributed by atoms with van der Waals surface area (Å²) in [5.41, 5.74) is 0. The number of methoxy groups -OCH3 is 1. The highest BCUT2D eigenvalue weighted by molar-refractivity contribution is 6.75. The summed E-state index contributed by atoms with van der Waals surface area (Å²) in [7, 11) is -2.10. The van der Waals surface area contributed by atoms with E-state index in [1.54, 1.807) is 20.8 Å². The van der Waals surface area contributed by atoms with Gasteiger partial charge in [-0.05, 0) is 32.9 Å². The highest BCUT2D eigenvalue weighted by Crippen LogP contribution is 2.22. The maximum atomic E-state index is 13.9. The van der Waals surface area contributed by atoms with Crippen molar-refractivity contribution in [3.8, 4) is 5.75 Å². The first kappa shape index (κ1) is 17.0. The van der Waals surface area contributed by atoms with Gasteiger partial charge in [-0.25, -0.2) is 8.78 Å². The molecule has 0 radical (unpaired) electrons. The van der Waals surface area contributed by atoms with Gasteiger partial charge in [-0.3, -0.25) is 0 Å². The molecule has 0 N–H and O–H groups in total. The molecule has 0 amide bonds. The molecule has 7 heteroatoms. The van der Waals surface area contributed by atoms with E-state index >= 15 is 0 Å². The lowest BCUT2D eigenvalue weighted by Crippen LogP contribution is -2.57. The molecule has 0 bridgehead atoms. The molecule has 0 aliphatic heterocycles. The molecule has 0 aliphatic rings. The van der Waals surface area contributed by atoms with Crippen molar-refractivity contribution in [1.29, 1.82) is 0 Å². The molecular weight excluding hydrogens is 286 g/mol. The van der Waals surface area contributed by atoms with E-state index in [9.17, 15) is 8.78 Å². The molecule has 0 saturated carbocycles. The first-order chi connectivity index (χ1) is 9.54. The summed E-state index contributed by atoms with van der Waals surface area (Å²) in [5, 5.41) is 0.249. The predicted octanol–water partition coefficient (Wildman–Crippen LogP) is 2.23. The van der Waals surface area contributed by atoms with E-state index in [-0.39, 0.29) is 5.19 Å². The van der Waals surface area contributed by atoms with Gasteiger partial charge in [0.1, 0.15) is 0 Å². The maximum Gasteiger partial charge on any atom is 0.537 e. The number of ether oxygens (including phenoxy) is 1. The molecular formula is C13H20F2O4Si. The zero-order valence-corrected chi connectivity index (χ0v) is 13.2. The van der Waals surface area contributed by atoms with Gasteiger partial charge in [0, 0.05) is 25.0 Å². The van der Waals surface area contributed by atoms with Crippen LogP contribution >= 0.6 is 0 Å². The van der Waals surface area contributed by atoms with Crippen molar-refractivity contribution in [2.75, 3.05) is 26.9 Å². The second kappa shape index (κ2) is 7.68. The molecule has 0 fully saturated rings. The molecule has 0 unspecified atom stereocenters. The molecule has 4 nitrogen and oxygen atoms in total. The van der Waals surface area contributed by atoms with Gasteiger partial charge >= 0.3 is 8.80 Å². The van der Waals surface area contributed by atoms with Gasteiger partial charge < -0.3 is 18.0 Å². The third-order valence-corrected chi connectivity index (χ3v) is 5.56. The van der Waals surface area contributed by atoms with Gasteiger partial charge in [0.2, 0.25) is 0 Å². The Morgan fingerprint density at radius 2 is 1.30 bits per heavy atom. The number of rotatable bonds is 8. The van der Waals surface area contributed by atoms with E-state index in [1.807, 2.05) is 0 Å². The smallest absolute Gasteiger partial charge is 0.491 e. The zero-order chi connectivity index (χ0) is 15.2. The average molecular weight is 306 g/mol. The van der Waals surface area contributed by atoms with Crippen molar-refractivity contribution in [3.63, 3.8) is 0 Å². The van der Waals surface area contributed by atoms with Gasteiger partial charge in [-0.1, -0.05) is 0 Å². The van der Waals surface area contributed by atoms with Crippen molar-refractivity contribution in [2.24, 2.45) is 0 Å². The van der Waals surface area contributed by atoms with Crippen LogP contribution in [0.2, 0.25) is 0 Å².